The number of rotatable bonds is 6. The van der Waals surface area contributed by atoms with Crippen molar-refractivity contribution >= 4 is 5.91 Å². The van der Waals surface area contributed by atoms with Gasteiger partial charge >= 0.3 is 0 Å². The number of benzene rings is 1. The van der Waals surface area contributed by atoms with Crippen molar-refractivity contribution in [2.75, 3.05) is 20.8 Å². The molecular weight excluding hydrogens is 210 g/mol. The molecule has 0 unspecified atom stereocenters. The zero-order chi connectivity index (χ0) is 12.0. The van der Waals surface area contributed by atoms with Crippen molar-refractivity contribution in [3.8, 4) is 5.75 Å². The first kappa shape index (κ1) is 12.5. The van der Waals surface area contributed by atoms with Gasteiger partial charge in [-0.25, -0.2) is 0 Å². The first-order chi connectivity index (χ1) is 7.67. The monoisotopic (exact) mass is 225 g/mol. The van der Waals surface area contributed by atoms with E-state index in [1.165, 1.54) is 14.2 Å². The molecule has 0 saturated heterocycles. The molecule has 0 bridgehead atoms. The van der Waals surface area contributed by atoms with Crippen molar-refractivity contribution in [2.24, 2.45) is 5.73 Å². The normalized spacial score (nSPS) is 10.4. The summed E-state index contributed by atoms with van der Waals surface area (Å²) in [6.45, 7) is 0.245. The summed E-state index contributed by atoms with van der Waals surface area (Å²) in [5.41, 5.74) is 5.55. The van der Waals surface area contributed by atoms with Gasteiger partial charge in [0.25, 0.3) is 0 Å². The molecule has 88 valence electrons. The Morgan fingerprint density at radius 2 is 2.06 bits per heavy atom. The van der Waals surface area contributed by atoms with Crippen molar-refractivity contribution in [3.63, 3.8) is 0 Å². The molecule has 0 radical (unpaired) electrons. The number of hydrogen-bond acceptors (Lipinski definition) is 4. The maximum Gasteiger partial charge on any atom is 0.248 e. The molecule has 0 aliphatic carbocycles. The minimum atomic E-state index is -0.486. The average molecular weight is 225 g/mol. The Kier molecular flexibility index (Phi) is 4.75. The van der Waals surface area contributed by atoms with Gasteiger partial charge in [0.05, 0.1) is 0 Å². The maximum atomic E-state index is 10.9. The highest BCUT2D eigenvalue weighted by atomic mass is 16.7. The lowest BCUT2D eigenvalue weighted by Gasteiger charge is -2.14. The fourth-order valence-electron chi connectivity index (χ4n) is 1.14. The van der Waals surface area contributed by atoms with Gasteiger partial charge in [0.15, 0.2) is 6.29 Å². The maximum absolute atomic E-state index is 10.9. The fraction of sp³-hybridized carbons (Fsp3) is 0.364. The number of nitrogens with two attached hydrogens (primary N) is 1. The second kappa shape index (κ2) is 6.09. The van der Waals surface area contributed by atoms with Crippen LogP contribution in [0.3, 0.4) is 0 Å². The SMILES string of the molecule is COC(COc1cccc(C(N)=O)c1)OC. The summed E-state index contributed by atoms with van der Waals surface area (Å²) in [6.07, 6.45) is -0.433. The van der Waals surface area contributed by atoms with E-state index in [2.05, 4.69) is 0 Å². The van der Waals surface area contributed by atoms with Crippen LogP contribution in [0.1, 0.15) is 10.4 Å². The van der Waals surface area contributed by atoms with Gasteiger partial charge < -0.3 is 19.9 Å². The molecule has 0 aliphatic heterocycles. The average Bonchev–Trinajstić information content (AvgIpc) is 2.31. The third-order valence-corrected chi connectivity index (χ3v) is 2.03. The van der Waals surface area contributed by atoms with Gasteiger partial charge in [0, 0.05) is 19.8 Å². The molecule has 0 aliphatic rings. The van der Waals surface area contributed by atoms with Crippen LogP contribution in [0.15, 0.2) is 24.3 Å². The molecule has 0 saturated carbocycles. The highest BCUT2D eigenvalue weighted by Gasteiger charge is 2.07. The number of carbonyl (C=O) groups is 1. The van der Waals surface area contributed by atoms with Crippen LogP contribution >= 0.6 is 0 Å². The molecule has 2 N–H and O–H groups in total. The summed E-state index contributed by atoms with van der Waals surface area (Å²) in [6, 6.07) is 6.63. The lowest BCUT2D eigenvalue weighted by Crippen LogP contribution is -2.22. The predicted octanol–water partition coefficient (Wildman–Crippen LogP) is 0.783. The summed E-state index contributed by atoms with van der Waals surface area (Å²) < 4.78 is 15.3. The Hall–Kier alpha value is -1.59. The predicted molar refractivity (Wildman–Crippen MR) is 58.3 cm³/mol. The van der Waals surface area contributed by atoms with Crippen LogP contribution in [0.25, 0.3) is 0 Å². The highest BCUT2D eigenvalue weighted by Crippen LogP contribution is 2.13. The molecule has 5 nitrogen and oxygen atoms in total. The zero-order valence-corrected chi connectivity index (χ0v) is 9.30. The van der Waals surface area contributed by atoms with Gasteiger partial charge in [-0.05, 0) is 18.2 Å². The molecule has 5 heteroatoms. The van der Waals surface area contributed by atoms with Gasteiger partial charge in [-0.2, -0.15) is 0 Å². The van der Waals surface area contributed by atoms with Crippen LogP contribution in [-0.4, -0.2) is 33.0 Å². The Morgan fingerprint density at radius 3 is 2.62 bits per heavy atom. The number of ether oxygens (including phenoxy) is 3. The minimum Gasteiger partial charge on any atom is -0.488 e. The minimum absolute atomic E-state index is 0.245. The van der Waals surface area contributed by atoms with E-state index in [1.54, 1.807) is 24.3 Å². The molecule has 1 aromatic rings. The molecule has 0 spiro atoms. The molecular formula is C11H15NO4. The fourth-order valence-corrected chi connectivity index (χ4v) is 1.14. The standard InChI is InChI=1S/C11H15NO4/c1-14-10(15-2)7-16-9-5-3-4-8(6-9)11(12)13/h3-6,10H,7H2,1-2H3,(H2,12,13). The van der Waals surface area contributed by atoms with Gasteiger partial charge in [-0.15, -0.1) is 0 Å². The summed E-state index contributed by atoms with van der Waals surface area (Å²) in [5.74, 6) is 0.0656. The first-order valence-corrected chi connectivity index (χ1v) is 4.75. The van der Waals surface area contributed by atoms with E-state index >= 15 is 0 Å². The molecule has 1 amide bonds. The number of primary amides is 1. The van der Waals surface area contributed by atoms with E-state index < -0.39 is 12.2 Å². The topological polar surface area (TPSA) is 70.8 Å². The second-order valence-electron chi connectivity index (χ2n) is 3.10. The van der Waals surface area contributed by atoms with Gasteiger partial charge in [0.2, 0.25) is 5.91 Å². The Bertz CT molecular complexity index is 350. The van der Waals surface area contributed by atoms with Gasteiger partial charge in [0.1, 0.15) is 12.4 Å². The van der Waals surface area contributed by atoms with E-state index in [9.17, 15) is 4.79 Å². The molecule has 0 atom stereocenters. The molecule has 1 aromatic carbocycles. The lowest BCUT2D eigenvalue weighted by molar-refractivity contribution is -0.121. The smallest absolute Gasteiger partial charge is 0.248 e. The van der Waals surface area contributed by atoms with E-state index in [0.29, 0.717) is 11.3 Å². The Balaban J connectivity index is 2.60. The lowest BCUT2D eigenvalue weighted by atomic mass is 10.2. The summed E-state index contributed by atoms with van der Waals surface area (Å²) in [4.78, 5) is 10.9. The van der Waals surface area contributed by atoms with Crippen LogP contribution in [0, 0.1) is 0 Å². The van der Waals surface area contributed by atoms with Crippen molar-refractivity contribution < 1.29 is 19.0 Å². The van der Waals surface area contributed by atoms with E-state index in [4.69, 9.17) is 19.9 Å². The largest absolute Gasteiger partial charge is 0.488 e. The summed E-state index contributed by atoms with van der Waals surface area (Å²) in [5, 5.41) is 0. The summed E-state index contributed by atoms with van der Waals surface area (Å²) in [7, 11) is 3.05. The van der Waals surface area contributed by atoms with Crippen LogP contribution in [0.4, 0.5) is 0 Å². The third kappa shape index (κ3) is 3.52. The Labute approximate surface area is 94.1 Å². The molecule has 0 heterocycles. The van der Waals surface area contributed by atoms with Gasteiger partial charge in [-0.3, -0.25) is 4.79 Å². The van der Waals surface area contributed by atoms with Crippen LogP contribution in [-0.2, 0) is 9.47 Å². The van der Waals surface area contributed by atoms with E-state index in [0.717, 1.165) is 0 Å². The zero-order valence-electron chi connectivity index (χ0n) is 9.30. The third-order valence-electron chi connectivity index (χ3n) is 2.03. The molecule has 0 fully saturated rings. The van der Waals surface area contributed by atoms with Crippen LogP contribution in [0.2, 0.25) is 0 Å². The second-order valence-corrected chi connectivity index (χ2v) is 3.10. The highest BCUT2D eigenvalue weighted by molar-refractivity contribution is 5.93. The quantitative estimate of drug-likeness (QED) is 0.726. The molecule has 0 aromatic heterocycles. The van der Waals surface area contributed by atoms with Crippen LogP contribution < -0.4 is 10.5 Å². The van der Waals surface area contributed by atoms with E-state index in [-0.39, 0.29) is 6.61 Å². The van der Waals surface area contributed by atoms with Crippen molar-refractivity contribution in [1.82, 2.24) is 0 Å². The van der Waals surface area contributed by atoms with Crippen molar-refractivity contribution in [2.45, 2.75) is 6.29 Å². The number of carbonyl (C=O) groups excluding carboxylic acids is 1. The van der Waals surface area contributed by atoms with Crippen molar-refractivity contribution in [3.05, 3.63) is 29.8 Å². The first-order valence-electron chi connectivity index (χ1n) is 4.75. The van der Waals surface area contributed by atoms with Crippen LogP contribution in [0.5, 0.6) is 5.75 Å². The number of hydrogen-bond donors (Lipinski definition) is 1. The Morgan fingerprint density at radius 1 is 1.38 bits per heavy atom. The van der Waals surface area contributed by atoms with Crippen molar-refractivity contribution in [1.29, 1.82) is 0 Å². The van der Waals surface area contributed by atoms with E-state index in [1.807, 2.05) is 0 Å². The summed E-state index contributed by atoms with van der Waals surface area (Å²) >= 11 is 0. The molecule has 16 heavy (non-hydrogen) atoms. The number of amides is 1. The number of methoxy groups -OCH3 is 2. The molecule has 1 rings (SSSR count). The van der Waals surface area contributed by atoms with Gasteiger partial charge in [-0.1, -0.05) is 6.07 Å².